The summed E-state index contributed by atoms with van der Waals surface area (Å²) in [4.78, 5) is 15.0. The molecular formula is C19H32Cl2FN3O. The Balaban J connectivity index is 0.00000312. The summed E-state index contributed by atoms with van der Waals surface area (Å²) in [6, 6.07) is 5.00. The third kappa shape index (κ3) is 5.48. The van der Waals surface area contributed by atoms with Crippen LogP contribution in [-0.2, 0) is 4.79 Å². The number of carbonyl (C=O) groups excluding carboxylic acids is 1. The van der Waals surface area contributed by atoms with Gasteiger partial charge in [-0.25, -0.2) is 4.39 Å². The summed E-state index contributed by atoms with van der Waals surface area (Å²) in [6.07, 6.45) is 3.48. The van der Waals surface area contributed by atoms with E-state index in [1.165, 1.54) is 6.07 Å². The number of nitrogens with one attached hydrogen (secondary N) is 1. The molecule has 1 atom stereocenters. The maximum atomic E-state index is 13.3. The lowest BCUT2D eigenvalue weighted by atomic mass is 9.81. The molecule has 1 fully saturated rings. The smallest absolute Gasteiger partial charge is 0.227 e. The van der Waals surface area contributed by atoms with Gasteiger partial charge in [0.05, 0.1) is 5.41 Å². The highest BCUT2D eigenvalue weighted by Gasteiger charge is 2.35. The first kappa shape index (κ1) is 25.0. The first-order valence-electron chi connectivity index (χ1n) is 8.98. The SMILES string of the molecule is CCC(CC)(CN)C(=O)NC1CCCN(c2ccc(F)cc2C)C1.Cl.Cl. The minimum atomic E-state index is -0.464. The van der Waals surface area contributed by atoms with Gasteiger partial charge in [-0.3, -0.25) is 4.79 Å². The summed E-state index contributed by atoms with van der Waals surface area (Å²) >= 11 is 0. The van der Waals surface area contributed by atoms with E-state index in [9.17, 15) is 9.18 Å². The Bertz CT molecular complexity index is 574. The molecule has 0 bridgehead atoms. The Morgan fingerprint density at radius 2 is 2.00 bits per heavy atom. The molecular weight excluding hydrogens is 376 g/mol. The fourth-order valence-electron chi connectivity index (χ4n) is 3.58. The van der Waals surface area contributed by atoms with Crippen LogP contribution in [0.15, 0.2) is 18.2 Å². The summed E-state index contributed by atoms with van der Waals surface area (Å²) < 4.78 is 13.3. The van der Waals surface area contributed by atoms with Crippen LogP contribution >= 0.6 is 24.8 Å². The highest BCUT2D eigenvalue weighted by Crippen LogP contribution is 2.27. The molecule has 1 aromatic rings. The fourth-order valence-corrected chi connectivity index (χ4v) is 3.58. The summed E-state index contributed by atoms with van der Waals surface area (Å²) in [6.45, 7) is 8.03. The summed E-state index contributed by atoms with van der Waals surface area (Å²) in [5, 5.41) is 3.21. The molecule has 3 N–H and O–H groups in total. The zero-order valence-corrected chi connectivity index (χ0v) is 17.5. The van der Waals surface area contributed by atoms with Gasteiger partial charge < -0.3 is 16.0 Å². The number of nitrogens with zero attached hydrogens (tertiary/aromatic N) is 1. The van der Waals surface area contributed by atoms with Crippen molar-refractivity contribution in [2.24, 2.45) is 11.1 Å². The molecule has 4 nitrogen and oxygen atoms in total. The van der Waals surface area contributed by atoms with E-state index >= 15 is 0 Å². The minimum Gasteiger partial charge on any atom is -0.369 e. The third-order valence-corrected chi connectivity index (χ3v) is 5.48. The number of aryl methyl sites for hydroxylation is 1. The van der Waals surface area contributed by atoms with E-state index in [4.69, 9.17) is 5.73 Å². The molecule has 1 aliphatic heterocycles. The number of nitrogens with two attached hydrogens (primary N) is 1. The molecule has 0 aliphatic carbocycles. The van der Waals surface area contributed by atoms with Gasteiger partial charge in [0.1, 0.15) is 5.82 Å². The van der Waals surface area contributed by atoms with Crippen molar-refractivity contribution in [2.75, 3.05) is 24.5 Å². The van der Waals surface area contributed by atoms with Gasteiger partial charge in [0.25, 0.3) is 0 Å². The molecule has 1 amide bonds. The van der Waals surface area contributed by atoms with Crippen molar-refractivity contribution >= 4 is 36.4 Å². The maximum Gasteiger partial charge on any atom is 0.227 e. The fraction of sp³-hybridized carbons (Fsp3) is 0.632. The minimum absolute atomic E-state index is 0. The normalized spacial score (nSPS) is 17.1. The van der Waals surface area contributed by atoms with Crippen LogP contribution in [0.2, 0.25) is 0 Å². The monoisotopic (exact) mass is 407 g/mol. The van der Waals surface area contributed by atoms with Crippen molar-refractivity contribution in [2.45, 2.75) is 52.5 Å². The zero-order chi connectivity index (χ0) is 17.7. The number of anilines is 1. The highest BCUT2D eigenvalue weighted by atomic mass is 35.5. The number of halogens is 3. The van der Waals surface area contributed by atoms with E-state index in [-0.39, 0.29) is 42.6 Å². The lowest BCUT2D eigenvalue weighted by Crippen LogP contribution is -2.53. The molecule has 0 aromatic heterocycles. The van der Waals surface area contributed by atoms with Crippen molar-refractivity contribution in [3.63, 3.8) is 0 Å². The van der Waals surface area contributed by atoms with Crippen LogP contribution in [0.1, 0.15) is 45.1 Å². The lowest BCUT2D eigenvalue weighted by Gasteiger charge is -2.38. The molecule has 2 rings (SSSR count). The average Bonchev–Trinajstić information content (AvgIpc) is 2.57. The van der Waals surface area contributed by atoms with Crippen LogP contribution < -0.4 is 16.0 Å². The van der Waals surface area contributed by atoms with Crippen LogP contribution in [0.3, 0.4) is 0 Å². The maximum absolute atomic E-state index is 13.3. The van der Waals surface area contributed by atoms with Crippen LogP contribution in [0, 0.1) is 18.2 Å². The van der Waals surface area contributed by atoms with Gasteiger partial charge in [0, 0.05) is 31.4 Å². The second-order valence-corrected chi connectivity index (χ2v) is 6.88. The quantitative estimate of drug-likeness (QED) is 0.752. The number of benzene rings is 1. The van der Waals surface area contributed by atoms with E-state index in [0.29, 0.717) is 6.54 Å². The number of amides is 1. The Kier molecular flexibility index (Phi) is 10.5. The molecule has 1 saturated heterocycles. The van der Waals surface area contributed by atoms with E-state index < -0.39 is 5.41 Å². The van der Waals surface area contributed by atoms with Crippen molar-refractivity contribution in [3.05, 3.63) is 29.6 Å². The number of piperidine rings is 1. The lowest BCUT2D eigenvalue weighted by molar-refractivity contribution is -0.131. The van der Waals surface area contributed by atoms with Gasteiger partial charge in [0.2, 0.25) is 5.91 Å². The Morgan fingerprint density at radius 1 is 1.35 bits per heavy atom. The molecule has 0 radical (unpaired) electrons. The molecule has 1 unspecified atom stereocenters. The highest BCUT2D eigenvalue weighted by molar-refractivity contribution is 5.85. The first-order valence-corrected chi connectivity index (χ1v) is 8.98. The summed E-state index contributed by atoms with van der Waals surface area (Å²) in [5.74, 6) is -0.144. The summed E-state index contributed by atoms with van der Waals surface area (Å²) in [5.41, 5.74) is 7.39. The molecule has 0 saturated carbocycles. The Hall–Kier alpha value is -1.04. The second kappa shape index (κ2) is 11.0. The van der Waals surface area contributed by atoms with E-state index in [2.05, 4.69) is 10.2 Å². The van der Waals surface area contributed by atoms with Crippen molar-refractivity contribution in [3.8, 4) is 0 Å². The van der Waals surface area contributed by atoms with Crippen molar-refractivity contribution in [1.82, 2.24) is 5.32 Å². The van der Waals surface area contributed by atoms with Crippen molar-refractivity contribution in [1.29, 1.82) is 0 Å². The van der Waals surface area contributed by atoms with Gasteiger partial charge >= 0.3 is 0 Å². The van der Waals surface area contributed by atoms with Gasteiger partial charge in [0.15, 0.2) is 0 Å². The van der Waals surface area contributed by atoms with Gasteiger partial charge in [-0.05, 0) is 56.4 Å². The standard InChI is InChI=1S/C19H30FN3O.2ClH/c1-4-19(5-2,13-21)18(24)22-16-7-6-10-23(12-16)17-9-8-15(20)11-14(17)3;;/h8-9,11,16H,4-7,10,12-13,21H2,1-3H3,(H,22,24);2*1H. The Morgan fingerprint density at radius 3 is 2.54 bits per heavy atom. The van der Waals surface area contributed by atoms with E-state index in [1.807, 2.05) is 26.8 Å². The van der Waals surface area contributed by atoms with Crippen LogP contribution in [0.25, 0.3) is 0 Å². The largest absolute Gasteiger partial charge is 0.369 e. The van der Waals surface area contributed by atoms with Crippen molar-refractivity contribution < 1.29 is 9.18 Å². The molecule has 7 heteroatoms. The number of hydrogen-bond donors (Lipinski definition) is 2. The molecule has 1 aliphatic rings. The molecule has 1 aromatic carbocycles. The average molecular weight is 408 g/mol. The topological polar surface area (TPSA) is 58.4 Å². The molecule has 150 valence electrons. The first-order chi connectivity index (χ1) is 11.5. The number of rotatable bonds is 6. The molecule has 0 spiro atoms. The predicted octanol–water partition coefficient (Wildman–Crippen LogP) is 3.83. The molecule has 1 heterocycles. The Labute approximate surface area is 168 Å². The third-order valence-electron chi connectivity index (χ3n) is 5.48. The zero-order valence-electron chi connectivity index (χ0n) is 15.9. The predicted molar refractivity (Wildman–Crippen MR) is 111 cm³/mol. The van der Waals surface area contributed by atoms with Gasteiger partial charge in [-0.15, -0.1) is 24.8 Å². The van der Waals surface area contributed by atoms with Gasteiger partial charge in [-0.1, -0.05) is 13.8 Å². The summed E-state index contributed by atoms with van der Waals surface area (Å²) in [7, 11) is 0. The molecule has 26 heavy (non-hydrogen) atoms. The second-order valence-electron chi connectivity index (χ2n) is 6.88. The van der Waals surface area contributed by atoms with E-state index in [0.717, 1.165) is 50.0 Å². The number of carbonyl (C=O) groups is 1. The van der Waals surface area contributed by atoms with Crippen LogP contribution in [-0.4, -0.2) is 31.6 Å². The van der Waals surface area contributed by atoms with Crippen LogP contribution in [0.5, 0.6) is 0 Å². The number of hydrogen-bond acceptors (Lipinski definition) is 3. The van der Waals surface area contributed by atoms with Crippen LogP contribution in [0.4, 0.5) is 10.1 Å². The van der Waals surface area contributed by atoms with Gasteiger partial charge in [-0.2, -0.15) is 0 Å². The van der Waals surface area contributed by atoms with E-state index in [1.54, 1.807) is 6.07 Å².